The van der Waals surface area contributed by atoms with Crippen molar-refractivity contribution in [3.8, 4) is 0 Å². The van der Waals surface area contributed by atoms with E-state index < -0.39 is 0 Å². The molecule has 4 aliphatic heterocycles. The zero-order valence-corrected chi connectivity index (χ0v) is 17.6. The van der Waals surface area contributed by atoms with Crippen LogP contribution in [0.3, 0.4) is 0 Å². The Hall–Kier alpha value is -0.160. The first-order valence-corrected chi connectivity index (χ1v) is 13.2. The Morgan fingerprint density at radius 2 is 0.760 bits per heavy atom. The molecule has 0 aliphatic carbocycles. The minimum Gasteiger partial charge on any atom is -0.143 e. The maximum atomic E-state index is 2.34. The lowest BCUT2D eigenvalue weighted by Crippen LogP contribution is -2.03. The summed E-state index contributed by atoms with van der Waals surface area (Å²) in [5, 5.41) is 0. The molecule has 0 N–H and O–H groups in total. The van der Waals surface area contributed by atoms with Crippen LogP contribution in [-0.4, -0.2) is 9.16 Å². The largest absolute Gasteiger partial charge is 0.143 e. The van der Waals surface area contributed by atoms with Crippen molar-refractivity contribution in [3.63, 3.8) is 0 Å². The fourth-order valence-electron chi connectivity index (χ4n) is 3.10. The summed E-state index contributed by atoms with van der Waals surface area (Å²) < 4.78 is 1.41. The highest BCUT2D eigenvalue weighted by atomic mass is 32.2. The molecule has 4 aliphatic rings. The van der Waals surface area contributed by atoms with Crippen LogP contribution in [0.25, 0.3) is 0 Å². The summed E-state index contributed by atoms with van der Waals surface area (Å²) in [6.07, 6.45) is 4.02. The molecule has 2 aromatic carbocycles. The summed E-state index contributed by atoms with van der Waals surface area (Å²) >= 11 is 8.57. The summed E-state index contributed by atoms with van der Waals surface area (Å²) in [4.78, 5) is 0. The molecule has 6 bridgehead atoms. The van der Waals surface area contributed by atoms with Gasteiger partial charge in [0.15, 0.2) is 0 Å². The Balaban J connectivity index is 1.58. The Bertz CT molecular complexity index is 552. The van der Waals surface area contributed by atoms with Crippen LogP contribution in [0.15, 0.2) is 48.5 Å². The molecule has 0 radical (unpaired) electrons. The zero-order valence-electron chi connectivity index (χ0n) is 14.4. The number of hydrogen-bond donors (Lipinski definition) is 0. The van der Waals surface area contributed by atoms with Gasteiger partial charge in [0.25, 0.3) is 0 Å². The lowest BCUT2D eigenvalue weighted by atomic mass is 10.2. The summed E-state index contributed by atoms with van der Waals surface area (Å²) in [7, 11) is 0. The first kappa shape index (κ1) is 18.2. The van der Waals surface area contributed by atoms with Gasteiger partial charge in [-0.2, -0.15) is 0 Å². The molecule has 0 saturated carbocycles. The molecule has 0 nitrogen and oxygen atoms in total. The number of rotatable bonds is 0. The van der Waals surface area contributed by atoms with Crippen molar-refractivity contribution >= 4 is 47.0 Å². The van der Waals surface area contributed by atoms with Crippen LogP contribution in [0.4, 0.5) is 0 Å². The quantitative estimate of drug-likeness (QED) is 0.456. The van der Waals surface area contributed by atoms with Gasteiger partial charge in [0.05, 0.1) is 9.16 Å². The summed E-state index contributed by atoms with van der Waals surface area (Å²) in [6.45, 7) is 0. The van der Waals surface area contributed by atoms with Gasteiger partial charge < -0.3 is 0 Å². The van der Waals surface area contributed by atoms with Gasteiger partial charge in [0, 0.05) is 23.0 Å². The fraction of sp³-hybridized carbons (Fsp3) is 0.429. The number of fused-ring (bicyclic) bond motifs is 8. The van der Waals surface area contributed by atoms with E-state index in [9.17, 15) is 0 Å². The SMILES string of the molecule is c1cc2ccc1CSC1CCCC(SC2)SCc2ccc(cc2)CS1. The highest BCUT2D eigenvalue weighted by Crippen LogP contribution is 2.38. The molecule has 0 amide bonds. The van der Waals surface area contributed by atoms with Crippen LogP contribution in [0, 0.1) is 0 Å². The highest BCUT2D eigenvalue weighted by Gasteiger charge is 2.16. The first-order chi connectivity index (χ1) is 12.3. The average Bonchev–Trinajstić information content (AvgIpc) is 2.70. The Morgan fingerprint density at radius 3 is 1.04 bits per heavy atom. The van der Waals surface area contributed by atoms with Crippen molar-refractivity contribution in [2.45, 2.75) is 51.4 Å². The molecule has 0 atom stereocenters. The van der Waals surface area contributed by atoms with Gasteiger partial charge in [0.1, 0.15) is 0 Å². The molecule has 4 heterocycles. The van der Waals surface area contributed by atoms with Crippen LogP contribution in [0.2, 0.25) is 0 Å². The molecule has 2 aromatic rings. The third-order valence-electron chi connectivity index (χ3n) is 4.67. The van der Waals surface area contributed by atoms with E-state index in [1.807, 2.05) is 0 Å². The van der Waals surface area contributed by atoms with E-state index >= 15 is 0 Å². The highest BCUT2D eigenvalue weighted by molar-refractivity contribution is 8.16. The van der Waals surface area contributed by atoms with Crippen molar-refractivity contribution in [2.24, 2.45) is 0 Å². The molecule has 6 rings (SSSR count). The Morgan fingerprint density at radius 1 is 0.480 bits per heavy atom. The molecule has 0 spiro atoms. The topological polar surface area (TPSA) is 0 Å². The van der Waals surface area contributed by atoms with Crippen molar-refractivity contribution in [1.82, 2.24) is 0 Å². The summed E-state index contributed by atoms with van der Waals surface area (Å²) in [5.74, 6) is 4.56. The van der Waals surface area contributed by atoms with E-state index in [4.69, 9.17) is 0 Å². The van der Waals surface area contributed by atoms with Crippen molar-refractivity contribution in [1.29, 1.82) is 0 Å². The van der Waals surface area contributed by atoms with Gasteiger partial charge in [-0.05, 0) is 41.5 Å². The summed E-state index contributed by atoms with van der Waals surface area (Å²) in [5.41, 5.74) is 5.89. The van der Waals surface area contributed by atoms with Gasteiger partial charge in [-0.3, -0.25) is 0 Å². The third kappa shape index (κ3) is 5.41. The molecule has 4 heteroatoms. The maximum absolute atomic E-state index is 2.34. The molecule has 0 unspecified atom stereocenters. The monoisotopic (exact) mass is 404 g/mol. The molecule has 132 valence electrons. The van der Waals surface area contributed by atoms with E-state index in [0.717, 1.165) is 23.0 Å². The van der Waals surface area contributed by atoms with Crippen molar-refractivity contribution in [2.75, 3.05) is 0 Å². The fourth-order valence-corrected chi connectivity index (χ4v) is 8.30. The minimum atomic E-state index is 0.705. The Kier molecular flexibility index (Phi) is 6.68. The second-order valence-corrected chi connectivity index (χ2v) is 12.0. The number of hydrogen-bond acceptors (Lipinski definition) is 4. The molecular formula is C21H24S4. The van der Waals surface area contributed by atoms with Crippen LogP contribution in [0.5, 0.6) is 0 Å². The minimum absolute atomic E-state index is 0.705. The van der Waals surface area contributed by atoms with Crippen molar-refractivity contribution < 1.29 is 0 Å². The van der Waals surface area contributed by atoms with E-state index in [2.05, 4.69) is 95.6 Å². The Labute approximate surface area is 168 Å². The molecule has 0 aromatic heterocycles. The van der Waals surface area contributed by atoms with Gasteiger partial charge in [-0.25, -0.2) is 0 Å². The van der Waals surface area contributed by atoms with Crippen LogP contribution in [-0.2, 0) is 23.0 Å². The van der Waals surface area contributed by atoms with Crippen molar-refractivity contribution in [3.05, 3.63) is 70.8 Å². The lowest BCUT2D eigenvalue weighted by molar-refractivity contribution is 0.754. The van der Waals surface area contributed by atoms with Crippen LogP contribution >= 0.6 is 47.0 Å². The molecule has 25 heavy (non-hydrogen) atoms. The van der Waals surface area contributed by atoms with Gasteiger partial charge in [0.2, 0.25) is 0 Å². The van der Waals surface area contributed by atoms with E-state index in [0.29, 0.717) is 9.16 Å². The molecular weight excluding hydrogens is 380 g/mol. The summed E-state index contributed by atoms with van der Waals surface area (Å²) in [6, 6.07) is 18.7. The lowest BCUT2D eigenvalue weighted by Gasteiger charge is -2.18. The smallest absolute Gasteiger partial charge is 0.0509 e. The van der Waals surface area contributed by atoms with Gasteiger partial charge in [-0.15, -0.1) is 47.0 Å². The standard InChI is InChI=1S/C21H24S4/c1-2-20-22-12-16-4-8-18(9-5-16)14-24-21(3-1)25-15-19-10-6-17(7-11-19)13-23-20/h4-11,20-21H,1-3,12-15H2. The van der Waals surface area contributed by atoms with Gasteiger partial charge in [-0.1, -0.05) is 48.5 Å². The first-order valence-electron chi connectivity index (χ1n) is 8.97. The van der Waals surface area contributed by atoms with E-state index in [-0.39, 0.29) is 0 Å². The van der Waals surface area contributed by atoms with Crippen LogP contribution in [0.1, 0.15) is 41.5 Å². The van der Waals surface area contributed by atoms with Gasteiger partial charge >= 0.3 is 0 Å². The van der Waals surface area contributed by atoms with E-state index in [1.54, 1.807) is 0 Å². The number of benzene rings is 2. The average molecular weight is 405 g/mol. The predicted molar refractivity (Wildman–Crippen MR) is 119 cm³/mol. The molecule has 0 fully saturated rings. The van der Waals surface area contributed by atoms with E-state index in [1.165, 1.54) is 41.5 Å². The maximum Gasteiger partial charge on any atom is 0.0509 e. The van der Waals surface area contributed by atoms with Crippen LogP contribution < -0.4 is 0 Å². The zero-order chi connectivity index (χ0) is 16.9. The predicted octanol–water partition coefficient (Wildman–Crippen LogP) is 7.17. The second kappa shape index (κ2) is 9.16. The normalized spacial score (nSPS) is 24.6. The third-order valence-corrected chi connectivity index (χ3v) is 10.7. The number of thioether (sulfide) groups is 4. The second-order valence-electron chi connectivity index (χ2n) is 6.67. The molecule has 0 saturated heterocycles.